The number of hydrogen-bond acceptors (Lipinski definition) is 15. The number of ether oxygens (including phenoxy) is 4. The first-order valence-corrected chi connectivity index (χ1v) is 44.4. The molecule has 0 amide bonds. The molecule has 0 aromatic heterocycles. The molecule has 17 nitrogen and oxygen atoms in total. The maximum Gasteiger partial charge on any atom is 0.472 e. The van der Waals surface area contributed by atoms with Crippen LogP contribution in [0.1, 0.15) is 336 Å². The fourth-order valence-corrected chi connectivity index (χ4v) is 12.3. The zero-order chi connectivity index (χ0) is 77.4. The van der Waals surface area contributed by atoms with Crippen molar-refractivity contribution in [2.75, 3.05) is 39.6 Å². The molecule has 0 aliphatic carbocycles. The minimum Gasteiger partial charge on any atom is -0.462 e. The Morgan fingerprint density at radius 3 is 0.830 bits per heavy atom. The van der Waals surface area contributed by atoms with E-state index in [0.29, 0.717) is 38.5 Å². The van der Waals surface area contributed by atoms with Crippen LogP contribution in [0.15, 0.2) is 134 Å². The van der Waals surface area contributed by atoms with E-state index < -0.39 is 97.5 Å². The van der Waals surface area contributed by atoms with Crippen LogP contribution in [0.2, 0.25) is 0 Å². The van der Waals surface area contributed by atoms with Crippen LogP contribution in [-0.2, 0) is 65.4 Å². The van der Waals surface area contributed by atoms with Gasteiger partial charge in [-0.3, -0.25) is 37.3 Å². The molecule has 3 N–H and O–H groups in total. The summed E-state index contributed by atoms with van der Waals surface area (Å²) in [5.74, 6) is -2.34. The summed E-state index contributed by atoms with van der Waals surface area (Å²) in [6, 6.07) is 0. The van der Waals surface area contributed by atoms with Gasteiger partial charge in [0.2, 0.25) is 0 Å². The van der Waals surface area contributed by atoms with Crippen LogP contribution < -0.4 is 0 Å². The summed E-state index contributed by atoms with van der Waals surface area (Å²) in [5.41, 5.74) is 0. The second-order valence-corrected chi connectivity index (χ2v) is 30.3. The molecule has 0 aliphatic heterocycles. The maximum absolute atomic E-state index is 13.1. The predicted molar refractivity (Wildman–Crippen MR) is 436 cm³/mol. The highest BCUT2D eigenvalue weighted by molar-refractivity contribution is 7.47. The number of hydrogen-bond donors (Lipinski definition) is 3. The van der Waals surface area contributed by atoms with Crippen molar-refractivity contribution in [3.63, 3.8) is 0 Å². The number of unbranched alkanes of at least 4 members (excludes halogenated alkanes) is 29. The molecule has 0 radical (unpaired) electrons. The molecule has 0 saturated heterocycles. The van der Waals surface area contributed by atoms with Crippen molar-refractivity contribution in [3.05, 3.63) is 134 Å². The Bertz CT molecular complexity index is 2530. The molecule has 0 rings (SSSR count). The quantitative estimate of drug-likeness (QED) is 0.0169. The van der Waals surface area contributed by atoms with E-state index in [1.807, 2.05) is 30.4 Å². The number of aliphatic hydroxyl groups excluding tert-OH is 1. The third-order valence-corrected chi connectivity index (χ3v) is 19.0. The van der Waals surface area contributed by atoms with Gasteiger partial charge in [-0.1, -0.05) is 290 Å². The van der Waals surface area contributed by atoms with Gasteiger partial charge in [0.05, 0.1) is 26.4 Å². The first-order valence-electron chi connectivity index (χ1n) is 41.4. The van der Waals surface area contributed by atoms with Gasteiger partial charge < -0.3 is 33.8 Å². The lowest BCUT2D eigenvalue weighted by molar-refractivity contribution is -0.161. The number of esters is 4. The molecule has 608 valence electrons. The molecule has 5 atom stereocenters. The Balaban J connectivity index is 5.49. The van der Waals surface area contributed by atoms with Crippen molar-refractivity contribution in [2.45, 2.75) is 354 Å². The van der Waals surface area contributed by atoms with Crippen LogP contribution in [-0.4, -0.2) is 96.7 Å². The third kappa shape index (κ3) is 77.4. The Labute approximate surface area is 644 Å². The Kier molecular flexibility index (Phi) is 74.8. The van der Waals surface area contributed by atoms with Crippen molar-refractivity contribution in [1.29, 1.82) is 0 Å². The van der Waals surface area contributed by atoms with Crippen molar-refractivity contribution in [2.24, 2.45) is 0 Å². The summed E-state index contributed by atoms with van der Waals surface area (Å²) in [6.07, 6.45) is 88.7. The van der Waals surface area contributed by atoms with E-state index in [2.05, 4.69) is 131 Å². The van der Waals surface area contributed by atoms with Crippen molar-refractivity contribution >= 4 is 39.5 Å². The van der Waals surface area contributed by atoms with Crippen LogP contribution in [0.5, 0.6) is 0 Å². The van der Waals surface area contributed by atoms with Crippen LogP contribution >= 0.6 is 15.6 Å². The van der Waals surface area contributed by atoms with Crippen LogP contribution in [0.25, 0.3) is 0 Å². The molecule has 2 unspecified atom stereocenters. The van der Waals surface area contributed by atoms with Crippen molar-refractivity contribution in [3.8, 4) is 0 Å². The zero-order valence-corrected chi connectivity index (χ0v) is 68.4. The molecule has 0 spiro atoms. The van der Waals surface area contributed by atoms with Crippen LogP contribution in [0.4, 0.5) is 0 Å². The fourth-order valence-electron chi connectivity index (χ4n) is 10.7. The number of phosphoric acid groups is 2. The smallest absolute Gasteiger partial charge is 0.462 e. The highest BCUT2D eigenvalue weighted by Gasteiger charge is 2.30. The van der Waals surface area contributed by atoms with E-state index in [1.54, 1.807) is 0 Å². The summed E-state index contributed by atoms with van der Waals surface area (Å²) < 4.78 is 68.6. The number of phosphoric ester groups is 2. The average molecular weight is 1530 g/mol. The Morgan fingerprint density at radius 1 is 0.264 bits per heavy atom. The monoisotopic (exact) mass is 1530 g/mol. The lowest BCUT2D eigenvalue weighted by Crippen LogP contribution is -2.30. The summed E-state index contributed by atoms with van der Waals surface area (Å²) in [7, 11) is -10.0. The first-order chi connectivity index (χ1) is 51.7. The second-order valence-electron chi connectivity index (χ2n) is 27.3. The summed E-state index contributed by atoms with van der Waals surface area (Å²) in [4.78, 5) is 73.1. The topological polar surface area (TPSA) is 237 Å². The van der Waals surface area contributed by atoms with Gasteiger partial charge in [0.15, 0.2) is 12.2 Å². The summed E-state index contributed by atoms with van der Waals surface area (Å²) in [5, 5.41) is 10.7. The molecule has 0 aromatic rings. The van der Waals surface area contributed by atoms with E-state index in [-0.39, 0.29) is 25.7 Å². The maximum atomic E-state index is 13.1. The number of aliphatic hydroxyl groups is 1. The standard InChI is InChI=1S/C87H148O17P2/c1-5-9-13-17-21-25-29-33-37-39-40-42-46-50-54-58-62-66-70-74-87(92)104-83(77-97-84(89)71-67-63-59-55-51-47-43-35-31-27-23-19-15-11-7-3)80-102-106(95,96)100-76-81(88)75-99-105(93,94)101-79-82(103-86(91)73-69-65-61-57-53-49-44-36-32-28-24-20-16-12-8-4)78-98-85(90)72-68-64-60-56-52-48-45-41-38-34-30-26-22-18-14-10-6-2/h21-22,25-28,31-34,37-38,40,42,45,48,50,54,56,60,62,66,81-83,88H,5-20,23-24,29-30,35-36,39,41,43-44,46-47,49,51-53,55,57-59,61,63-65,67-80H2,1-4H3,(H,93,94)(H,95,96)/b25-21-,26-22-,31-27-,32-28-,37-33-,38-34-,42-40-,48-45-,54-50-,60-56-,66-62-/t81-,82-,83-/m1/s1. The highest BCUT2D eigenvalue weighted by Crippen LogP contribution is 2.45. The Morgan fingerprint density at radius 2 is 0.491 bits per heavy atom. The fraction of sp³-hybridized carbons (Fsp3) is 0.701. The molecule has 19 heteroatoms. The molecular formula is C87H148O17P2. The van der Waals surface area contributed by atoms with E-state index in [4.69, 9.17) is 37.0 Å². The predicted octanol–water partition coefficient (Wildman–Crippen LogP) is 24.4. The van der Waals surface area contributed by atoms with Gasteiger partial charge in [-0.05, 0) is 154 Å². The van der Waals surface area contributed by atoms with Gasteiger partial charge in [0.25, 0.3) is 0 Å². The summed E-state index contributed by atoms with van der Waals surface area (Å²) >= 11 is 0. The zero-order valence-electron chi connectivity index (χ0n) is 66.6. The van der Waals surface area contributed by atoms with Gasteiger partial charge in [-0.15, -0.1) is 0 Å². The number of carbonyl (C=O) groups is 4. The average Bonchev–Trinajstić information content (AvgIpc) is 0.908. The van der Waals surface area contributed by atoms with Gasteiger partial charge >= 0.3 is 39.5 Å². The molecule has 0 aromatic carbocycles. The minimum absolute atomic E-state index is 0.0326. The SMILES string of the molecule is CCCCC/C=C\C/C=C\C/C=C\C/C=C\C/C=C\CCC(=O)O[C@H](COC(=O)CCCCCCCCC/C=C\CCCCCC)COP(=O)(O)OC[C@H](O)COP(=O)(O)OC[C@@H](COC(=O)CCC/C=C\C/C=C\C/C=C\C/C=C\CCCCC)OC(=O)CCCCCCCCC/C=C\CCCCCC. The summed E-state index contributed by atoms with van der Waals surface area (Å²) in [6.45, 7) is 4.66. The highest BCUT2D eigenvalue weighted by atomic mass is 31.2. The van der Waals surface area contributed by atoms with Crippen LogP contribution in [0, 0.1) is 0 Å². The van der Waals surface area contributed by atoms with Gasteiger partial charge in [-0.25, -0.2) is 9.13 Å². The van der Waals surface area contributed by atoms with E-state index in [0.717, 1.165) is 148 Å². The first kappa shape index (κ1) is 101. The van der Waals surface area contributed by atoms with Crippen molar-refractivity contribution in [1.82, 2.24) is 0 Å². The van der Waals surface area contributed by atoms with Gasteiger partial charge in [-0.2, -0.15) is 0 Å². The van der Waals surface area contributed by atoms with E-state index >= 15 is 0 Å². The van der Waals surface area contributed by atoms with E-state index in [1.165, 1.54) is 96.3 Å². The third-order valence-electron chi connectivity index (χ3n) is 17.1. The van der Waals surface area contributed by atoms with Gasteiger partial charge in [0.1, 0.15) is 19.3 Å². The minimum atomic E-state index is -5.01. The lowest BCUT2D eigenvalue weighted by atomic mass is 10.1. The number of rotatable bonds is 77. The molecular weight excluding hydrogens is 1380 g/mol. The molecule has 0 bridgehead atoms. The second kappa shape index (κ2) is 78.3. The van der Waals surface area contributed by atoms with E-state index in [9.17, 15) is 43.2 Å². The Hall–Kier alpha value is -4.80. The molecule has 0 saturated carbocycles. The lowest BCUT2D eigenvalue weighted by Gasteiger charge is -2.21. The number of carbonyl (C=O) groups excluding carboxylic acids is 4. The largest absolute Gasteiger partial charge is 0.472 e. The van der Waals surface area contributed by atoms with Crippen molar-refractivity contribution < 1.29 is 80.2 Å². The van der Waals surface area contributed by atoms with Gasteiger partial charge in [0, 0.05) is 25.7 Å². The normalized spacial score (nSPS) is 14.5. The number of allylic oxidation sites excluding steroid dienone is 22. The molecule has 0 heterocycles. The van der Waals surface area contributed by atoms with Crippen LogP contribution in [0.3, 0.4) is 0 Å². The molecule has 106 heavy (non-hydrogen) atoms. The molecule has 0 fully saturated rings. The molecule has 0 aliphatic rings.